The molecule has 0 radical (unpaired) electrons. The second kappa shape index (κ2) is 11.2. The quantitative estimate of drug-likeness (QED) is 0.641. The maximum Gasteiger partial charge on any atom is 0.220 e. The fourth-order valence-corrected chi connectivity index (χ4v) is 3.73. The predicted molar refractivity (Wildman–Crippen MR) is 103 cm³/mol. The number of hydrogen-bond acceptors (Lipinski definition) is 3. The van der Waals surface area contributed by atoms with E-state index in [1.165, 1.54) is 25.6 Å². The lowest BCUT2D eigenvalue weighted by atomic mass is 9.92. The van der Waals surface area contributed by atoms with Crippen molar-refractivity contribution in [3.8, 4) is 5.75 Å². The van der Waals surface area contributed by atoms with Crippen LogP contribution in [-0.2, 0) is 4.79 Å². The second-order valence-corrected chi connectivity index (χ2v) is 7.65. The van der Waals surface area contributed by atoms with E-state index in [-0.39, 0.29) is 17.5 Å². The molecular formula is C21H33FN2O2. The fraction of sp³-hybridized carbons (Fsp3) is 0.667. The normalized spacial score (nSPS) is 20.7. The molecule has 1 amide bonds. The summed E-state index contributed by atoms with van der Waals surface area (Å²) in [7, 11) is 0. The average Bonchev–Trinajstić information content (AvgIpc) is 2.59. The second-order valence-electron chi connectivity index (χ2n) is 7.65. The number of rotatable bonds is 10. The molecule has 26 heavy (non-hydrogen) atoms. The largest absolute Gasteiger partial charge is 0.491 e. The molecule has 2 rings (SSSR count). The van der Waals surface area contributed by atoms with Gasteiger partial charge in [-0.25, -0.2) is 4.39 Å². The Hall–Kier alpha value is -1.62. The average molecular weight is 365 g/mol. The number of nitrogens with one attached hydrogen (secondary N) is 1. The molecule has 5 heteroatoms. The molecule has 1 aromatic carbocycles. The Morgan fingerprint density at radius 1 is 1.19 bits per heavy atom. The van der Waals surface area contributed by atoms with Crippen LogP contribution in [0.2, 0.25) is 0 Å². The van der Waals surface area contributed by atoms with Crippen molar-refractivity contribution in [3.05, 3.63) is 30.1 Å². The molecule has 0 aromatic heterocycles. The minimum Gasteiger partial charge on any atom is -0.491 e. The number of likely N-dealkylation sites (tertiary alicyclic amines) is 1. The molecule has 0 bridgehead atoms. The van der Waals surface area contributed by atoms with Crippen LogP contribution < -0.4 is 10.1 Å². The Morgan fingerprint density at radius 2 is 1.92 bits per heavy atom. The summed E-state index contributed by atoms with van der Waals surface area (Å²) in [5, 5.41) is 2.96. The number of carbonyl (C=O) groups excluding carboxylic acids is 1. The molecule has 0 aliphatic carbocycles. The Kier molecular flexibility index (Phi) is 8.89. The molecule has 1 aliphatic heterocycles. The highest BCUT2D eigenvalue weighted by atomic mass is 19.1. The van der Waals surface area contributed by atoms with Crippen LogP contribution in [-0.4, -0.2) is 43.6 Å². The Balaban J connectivity index is 1.47. The van der Waals surface area contributed by atoms with Crippen LogP contribution in [0.3, 0.4) is 0 Å². The van der Waals surface area contributed by atoms with Crippen molar-refractivity contribution >= 4 is 5.91 Å². The maximum absolute atomic E-state index is 13.4. The number of amides is 1. The van der Waals surface area contributed by atoms with Gasteiger partial charge in [-0.1, -0.05) is 26.0 Å². The van der Waals surface area contributed by atoms with E-state index in [0.29, 0.717) is 19.4 Å². The molecule has 1 fully saturated rings. The molecule has 4 nitrogen and oxygen atoms in total. The number of carbonyl (C=O) groups is 1. The highest BCUT2D eigenvalue weighted by Gasteiger charge is 2.20. The molecule has 1 heterocycles. The maximum atomic E-state index is 13.4. The van der Waals surface area contributed by atoms with Gasteiger partial charge in [-0.3, -0.25) is 4.79 Å². The van der Waals surface area contributed by atoms with Crippen LogP contribution in [0.5, 0.6) is 5.75 Å². The molecule has 1 N–H and O–H groups in total. The van der Waals surface area contributed by atoms with Gasteiger partial charge in [-0.05, 0) is 56.2 Å². The first-order valence-corrected chi connectivity index (χ1v) is 9.91. The van der Waals surface area contributed by atoms with Gasteiger partial charge < -0.3 is 15.0 Å². The first-order chi connectivity index (χ1) is 12.5. The lowest BCUT2D eigenvalue weighted by molar-refractivity contribution is -0.121. The van der Waals surface area contributed by atoms with Gasteiger partial charge in [0.1, 0.15) is 0 Å². The summed E-state index contributed by atoms with van der Waals surface area (Å²) in [5.41, 5.74) is 0. The Bertz CT molecular complexity index is 543. The van der Waals surface area contributed by atoms with Crippen LogP contribution in [0.4, 0.5) is 4.39 Å². The van der Waals surface area contributed by atoms with Gasteiger partial charge in [0.15, 0.2) is 11.6 Å². The van der Waals surface area contributed by atoms with E-state index in [2.05, 4.69) is 24.1 Å². The van der Waals surface area contributed by atoms with Crippen LogP contribution in [0.15, 0.2) is 24.3 Å². The molecule has 146 valence electrons. The third-order valence-electron chi connectivity index (χ3n) is 4.81. The minimum absolute atomic E-state index is 0.0438. The van der Waals surface area contributed by atoms with E-state index in [0.717, 1.165) is 37.8 Å². The van der Waals surface area contributed by atoms with Gasteiger partial charge in [0.2, 0.25) is 5.91 Å². The van der Waals surface area contributed by atoms with Gasteiger partial charge in [0.25, 0.3) is 0 Å². The van der Waals surface area contributed by atoms with Gasteiger partial charge in [-0.15, -0.1) is 0 Å². The van der Waals surface area contributed by atoms with Crippen molar-refractivity contribution in [2.24, 2.45) is 11.8 Å². The third-order valence-corrected chi connectivity index (χ3v) is 4.81. The molecule has 1 aromatic rings. The van der Waals surface area contributed by atoms with Crippen molar-refractivity contribution < 1.29 is 13.9 Å². The number of ether oxygens (including phenoxy) is 1. The Labute approximate surface area is 157 Å². The summed E-state index contributed by atoms with van der Waals surface area (Å²) in [4.78, 5) is 14.4. The molecule has 0 spiro atoms. The lowest BCUT2D eigenvalue weighted by Crippen LogP contribution is -2.39. The first-order valence-electron chi connectivity index (χ1n) is 9.91. The van der Waals surface area contributed by atoms with Gasteiger partial charge >= 0.3 is 0 Å². The number of hydrogen-bond donors (Lipinski definition) is 1. The number of para-hydroxylation sites is 1. The summed E-state index contributed by atoms with van der Waals surface area (Å²) in [6.45, 7) is 9.28. The summed E-state index contributed by atoms with van der Waals surface area (Å²) in [5.74, 6) is 1.51. The van der Waals surface area contributed by atoms with Crippen molar-refractivity contribution in [1.82, 2.24) is 10.2 Å². The minimum atomic E-state index is -0.366. The van der Waals surface area contributed by atoms with E-state index in [9.17, 15) is 9.18 Å². The van der Waals surface area contributed by atoms with Crippen molar-refractivity contribution in [2.45, 2.75) is 46.0 Å². The lowest BCUT2D eigenvalue weighted by Gasteiger charge is -2.34. The van der Waals surface area contributed by atoms with Crippen LogP contribution in [0.1, 0.15) is 46.0 Å². The number of halogens is 1. The van der Waals surface area contributed by atoms with Gasteiger partial charge in [0, 0.05) is 26.1 Å². The summed E-state index contributed by atoms with van der Waals surface area (Å²) in [6, 6.07) is 6.32. The predicted octanol–water partition coefficient (Wildman–Crippen LogP) is 3.86. The van der Waals surface area contributed by atoms with E-state index in [4.69, 9.17) is 4.74 Å². The van der Waals surface area contributed by atoms with Crippen LogP contribution in [0, 0.1) is 17.7 Å². The standard InChI is InChI=1S/C21H33FN2O2/c1-17-14-18(2)16-24(15-17)12-6-5-11-23-21(25)10-7-13-26-20-9-4-3-8-19(20)22/h3-4,8-9,17-18H,5-7,10-16H2,1-2H3,(H,23,25). The van der Waals surface area contributed by atoms with Gasteiger partial charge in [0.05, 0.1) is 6.61 Å². The van der Waals surface area contributed by atoms with E-state index >= 15 is 0 Å². The van der Waals surface area contributed by atoms with Crippen molar-refractivity contribution in [2.75, 3.05) is 32.8 Å². The van der Waals surface area contributed by atoms with Crippen molar-refractivity contribution in [3.63, 3.8) is 0 Å². The molecule has 1 saturated heterocycles. The van der Waals surface area contributed by atoms with Gasteiger partial charge in [-0.2, -0.15) is 0 Å². The zero-order valence-electron chi connectivity index (χ0n) is 16.2. The summed E-state index contributed by atoms with van der Waals surface area (Å²) < 4.78 is 18.7. The Morgan fingerprint density at radius 3 is 2.65 bits per heavy atom. The number of nitrogens with zero attached hydrogens (tertiary/aromatic N) is 1. The SMILES string of the molecule is CC1CC(C)CN(CCCCNC(=O)CCCOc2ccccc2F)C1. The number of unbranched alkanes of at least 4 members (excludes halogenated alkanes) is 1. The highest BCUT2D eigenvalue weighted by Crippen LogP contribution is 2.21. The van der Waals surface area contributed by atoms with Crippen molar-refractivity contribution in [1.29, 1.82) is 0 Å². The monoisotopic (exact) mass is 364 g/mol. The van der Waals surface area contributed by atoms with E-state index in [1.807, 2.05) is 0 Å². The zero-order chi connectivity index (χ0) is 18.8. The van der Waals surface area contributed by atoms with E-state index in [1.54, 1.807) is 18.2 Å². The summed E-state index contributed by atoms with van der Waals surface area (Å²) >= 11 is 0. The zero-order valence-corrected chi connectivity index (χ0v) is 16.2. The topological polar surface area (TPSA) is 41.6 Å². The third kappa shape index (κ3) is 7.73. The smallest absolute Gasteiger partial charge is 0.220 e. The fourth-order valence-electron chi connectivity index (χ4n) is 3.73. The molecule has 2 atom stereocenters. The van der Waals surface area contributed by atoms with Crippen LogP contribution >= 0.6 is 0 Å². The van der Waals surface area contributed by atoms with E-state index < -0.39 is 0 Å². The molecule has 0 saturated carbocycles. The molecular weight excluding hydrogens is 331 g/mol. The number of benzene rings is 1. The summed E-state index contributed by atoms with van der Waals surface area (Å²) in [6.07, 6.45) is 4.47. The molecule has 1 aliphatic rings. The van der Waals surface area contributed by atoms with Crippen LogP contribution in [0.25, 0.3) is 0 Å². The number of piperidine rings is 1. The molecule has 2 unspecified atom stereocenters. The highest BCUT2D eigenvalue weighted by molar-refractivity contribution is 5.75. The first kappa shape index (κ1) is 20.7.